The van der Waals surface area contributed by atoms with Crippen LogP contribution in [0, 0.1) is 0 Å². The highest BCUT2D eigenvalue weighted by Crippen LogP contribution is 2.19. The molecule has 7 heteroatoms. The van der Waals surface area contributed by atoms with E-state index in [9.17, 15) is 9.59 Å². The predicted octanol–water partition coefficient (Wildman–Crippen LogP) is 1.67. The monoisotopic (exact) mass is 284 g/mol. The van der Waals surface area contributed by atoms with Crippen molar-refractivity contribution in [1.82, 2.24) is 4.98 Å². The van der Waals surface area contributed by atoms with Gasteiger partial charge in [-0.25, -0.2) is 4.98 Å². The average molecular weight is 284 g/mol. The van der Waals surface area contributed by atoms with Crippen LogP contribution in [0.4, 0.5) is 5.13 Å². The first-order valence-corrected chi connectivity index (χ1v) is 7.12. The first-order chi connectivity index (χ1) is 9.15. The van der Waals surface area contributed by atoms with Crippen LogP contribution in [-0.2, 0) is 20.7 Å². The molecule has 1 saturated heterocycles. The second-order valence-electron chi connectivity index (χ2n) is 4.38. The first kappa shape index (κ1) is 14.0. The van der Waals surface area contributed by atoms with Gasteiger partial charge in [0.15, 0.2) is 5.13 Å². The number of aliphatic carboxylic acids is 1. The lowest BCUT2D eigenvalue weighted by atomic mass is 10.2. The number of carboxylic acids is 1. The molecule has 0 aromatic carbocycles. The maximum Gasteiger partial charge on any atom is 0.303 e. The third kappa shape index (κ3) is 4.29. The Labute approximate surface area is 114 Å². The summed E-state index contributed by atoms with van der Waals surface area (Å²) in [6.45, 7) is 0.635. The van der Waals surface area contributed by atoms with Crippen molar-refractivity contribution in [3.8, 4) is 0 Å². The molecule has 1 aromatic heterocycles. The highest BCUT2D eigenvalue weighted by atomic mass is 32.1. The van der Waals surface area contributed by atoms with E-state index in [-0.39, 0.29) is 18.4 Å². The third-order valence-corrected chi connectivity index (χ3v) is 3.63. The predicted molar refractivity (Wildman–Crippen MR) is 70.3 cm³/mol. The number of anilines is 1. The van der Waals surface area contributed by atoms with Gasteiger partial charge in [0.05, 0.1) is 5.69 Å². The lowest BCUT2D eigenvalue weighted by Gasteiger charge is -2.07. The normalized spacial score (nSPS) is 18.4. The minimum atomic E-state index is -0.804. The van der Waals surface area contributed by atoms with Gasteiger partial charge >= 0.3 is 5.97 Å². The van der Waals surface area contributed by atoms with Gasteiger partial charge in [0, 0.05) is 18.4 Å². The number of nitrogens with zero attached hydrogens (tertiary/aromatic N) is 1. The van der Waals surface area contributed by atoms with E-state index in [0.717, 1.165) is 18.5 Å². The number of rotatable bonds is 6. The summed E-state index contributed by atoms with van der Waals surface area (Å²) < 4.78 is 5.28. The zero-order valence-corrected chi connectivity index (χ0v) is 11.2. The molecule has 2 N–H and O–H groups in total. The summed E-state index contributed by atoms with van der Waals surface area (Å²) in [5, 5.41) is 13.7. The minimum absolute atomic E-state index is 0.134. The molecule has 0 bridgehead atoms. The number of aromatic nitrogens is 1. The number of thiazole rings is 1. The molecule has 0 saturated carbocycles. The van der Waals surface area contributed by atoms with Crippen molar-refractivity contribution in [3.63, 3.8) is 0 Å². The van der Waals surface area contributed by atoms with Gasteiger partial charge in [0.25, 0.3) is 5.91 Å². The zero-order valence-electron chi connectivity index (χ0n) is 10.4. The number of carboxylic acid groups (broad SMARTS) is 1. The molecule has 6 nitrogen and oxygen atoms in total. The van der Waals surface area contributed by atoms with Crippen molar-refractivity contribution in [2.24, 2.45) is 0 Å². The molecule has 2 rings (SSSR count). The summed E-state index contributed by atoms with van der Waals surface area (Å²) in [5.74, 6) is -0.953. The average Bonchev–Trinajstić information content (AvgIpc) is 2.99. The van der Waals surface area contributed by atoms with E-state index in [1.807, 2.05) is 5.38 Å². The molecule has 104 valence electrons. The van der Waals surface area contributed by atoms with Crippen molar-refractivity contribution < 1.29 is 19.4 Å². The Hall–Kier alpha value is -1.47. The van der Waals surface area contributed by atoms with Gasteiger partial charge < -0.3 is 9.84 Å². The van der Waals surface area contributed by atoms with E-state index in [1.54, 1.807) is 0 Å². The summed E-state index contributed by atoms with van der Waals surface area (Å²) in [7, 11) is 0. The van der Waals surface area contributed by atoms with Crippen LogP contribution in [-0.4, -0.2) is 34.7 Å². The number of carbonyl (C=O) groups excluding carboxylic acids is 1. The molecule has 19 heavy (non-hydrogen) atoms. The summed E-state index contributed by atoms with van der Waals surface area (Å²) in [4.78, 5) is 26.4. The fourth-order valence-corrected chi connectivity index (χ4v) is 2.62. The Kier molecular flexibility index (Phi) is 4.86. The Morgan fingerprint density at radius 1 is 1.58 bits per heavy atom. The van der Waals surface area contributed by atoms with Crippen molar-refractivity contribution >= 4 is 28.3 Å². The summed E-state index contributed by atoms with van der Waals surface area (Å²) in [6.07, 6.45) is 2.60. The van der Waals surface area contributed by atoms with E-state index < -0.39 is 5.97 Å². The Bertz CT molecular complexity index is 454. The van der Waals surface area contributed by atoms with Crippen molar-refractivity contribution in [2.75, 3.05) is 11.9 Å². The molecule has 1 atom stereocenters. The molecule has 1 fully saturated rings. The second kappa shape index (κ2) is 6.63. The van der Waals surface area contributed by atoms with Crippen molar-refractivity contribution in [3.05, 3.63) is 11.1 Å². The number of hydrogen-bond acceptors (Lipinski definition) is 5. The van der Waals surface area contributed by atoms with Crippen LogP contribution in [0.5, 0.6) is 0 Å². The minimum Gasteiger partial charge on any atom is -0.481 e. The number of aryl methyl sites for hydroxylation is 1. The highest BCUT2D eigenvalue weighted by Gasteiger charge is 2.24. The van der Waals surface area contributed by atoms with Gasteiger partial charge in [0.2, 0.25) is 0 Å². The summed E-state index contributed by atoms with van der Waals surface area (Å²) in [6, 6.07) is 0. The Morgan fingerprint density at radius 2 is 2.42 bits per heavy atom. The molecule has 1 amide bonds. The first-order valence-electron chi connectivity index (χ1n) is 6.24. The maximum absolute atomic E-state index is 11.8. The third-order valence-electron chi connectivity index (χ3n) is 2.83. The van der Waals surface area contributed by atoms with Gasteiger partial charge in [-0.15, -0.1) is 11.3 Å². The molecule has 0 radical (unpaired) electrons. The SMILES string of the molecule is O=C(O)CCCc1csc(NC(=O)C2CCCO2)n1. The van der Waals surface area contributed by atoms with Gasteiger partial charge in [-0.1, -0.05) is 0 Å². The molecule has 0 spiro atoms. The van der Waals surface area contributed by atoms with Gasteiger partial charge in [-0.2, -0.15) is 0 Å². The van der Waals surface area contributed by atoms with E-state index in [1.165, 1.54) is 11.3 Å². The topological polar surface area (TPSA) is 88.5 Å². The molecular formula is C12H16N2O4S. The number of hydrogen-bond donors (Lipinski definition) is 2. The van der Waals surface area contributed by atoms with Crippen LogP contribution >= 0.6 is 11.3 Å². The van der Waals surface area contributed by atoms with E-state index >= 15 is 0 Å². The fraction of sp³-hybridized carbons (Fsp3) is 0.583. The number of carbonyl (C=O) groups is 2. The maximum atomic E-state index is 11.8. The van der Waals surface area contributed by atoms with E-state index in [2.05, 4.69) is 10.3 Å². The molecule has 1 aliphatic rings. The standard InChI is InChI=1S/C12H16N2O4S/c15-10(16)5-1-3-8-7-19-12(13-8)14-11(17)9-4-2-6-18-9/h7,9H,1-6H2,(H,15,16)(H,13,14,17). The summed E-state index contributed by atoms with van der Waals surface area (Å²) >= 11 is 1.35. The molecule has 0 aliphatic carbocycles. The van der Waals surface area contributed by atoms with Crippen LogP contribution < -0.4 is 5.32 Å². The van der Waals surface area contributed by atoms with Gasteiger partial charge in [-0.05, 0) is 25.7 Å². The van der Waals surface area contributed by atoms with Gasteiger partial charge in [0.1, 0.15) is 6.10 Å². The van der Waals surface area contributed by atoms with Gasteiger partial charge in [-0.3, -0.25) is 14.9 Å². The zero-order chi connectivity index (χ0) is 13.7. The van der Waals surface area contributed by atoms with Crippen molar-refractivity contribution in [1.29, 1.82) is 0 Å². The number of ether oxygens (including phenoxy) is 1. The Balaban J connectivity index is 1.79. The quantitative estimate of drug-likeness (QED) is 0.829. The molecule has 1 unspecified atom stereocenters. The highest BCUT2D eigenvalue weighted by molar-refractivity contribution is 7.13. The smallest absolute Gasteiger partial charge is 0.303 e. The second-order valence-corrected chi connectivity index (χ2v) is 5.24. The summed E-state index contributed by atoms with van der Waals surface area (Å²) in [5.41, 5.74) is 0.814. The van der Waals surface area contributed by atoms with E-state index in [0.29, 0.717) is 24.6 Å². The van der Waals surface area contributed by atoms with Crippen LogP contribution in [0.1, 0.15) is 31.4 Å². The van der Waals surface area contributed by atoms with Crippen LogP contribution in [0.3, 0.4) is 0 Å². The van der Waals surface area contributed by atoms with E-state index in [4.69, 9.17) is 9.84 Å². The lowest BCUT2D eigenvalue weighted by molar-refractivity contribution is -0.137. The molecule has 1 aromatic rings. The van der Waals surface area contributed by atoms with Crippen LogP contribution in [0.2, 0.25) is 0 Å². The largest absolute Gasteiger partial charge is 0.481 e. The van der Waals surface area contributed by atoms with Crippen LogP contribution in [0.15, 0.2) is 5.38 Å². The molecular weight excluding hydrogens is 268 g/mol. The van der Waals surface area contributed by atoms with Crippen LogP contribution in [0.25, 0.3) is 0 Å². The number of amides is 1. The fourth-order valence-electron chi connectivity index (χ4n) is 1.87. The number of nitrogens with one attached hydrogen (secondary N) is 1. The molecule has 1 aliphatic heterocycles. The molecule has 2 heterocycles. The van der Waals surface area contributed by atoms with Crippen molar-refractivity contribution in [2.45, 2.75) is 38.2 Å². The lowest BCUT2D eigenvalue weighted by Crippen LogP contribution is -2.26. The Morgan fingerprint density at radius 3 is 3.11 bits per heavy atom.